The molecule has 2 fully saturated rings. The van der Waals surface area contributed by atoms with Gasteiger partial charge in [-0.05, 0) is 56.9 Å². The van der Waals surface area contributed by atoms with Crippen LogP contribution in [0, 0.1) is 23.7 Å². The number of nitrogens with two attached hydrogens (primary N) is 1. The molecule has 0 saturated heterocycles. The first kappa shape index (κ1) is 30.0. The van der Waals surface area contributed by atoms with Crippen molar-refractivity contribution in [3.05, 3.63) is 28.3 Å². The summed E-state index contributed by atoms with van der Waals surface area (Å²) in [7, 11) is 6.97. The van der Waals surface area contributed by atoms with E-state index in [-0.39, 0.29) is 29.7 Å². The Morgan fingerprint density at radius 1 is 1.23 bits per heavy atom. The SMILES string of the molecule is CCC(C)CNCc1cc(N(C)C)c2c(c1O)C(O)=C1C(=O)[C@]3(O)C(=O)C(C(N)=O)C(O)[C@@H](N(C)C)[C@@H]3C[C@@H]1C2. The summed E-state index contributed by atoms with van der Waals surface area (Å²) in [5, 5.41) is 49.0. The second kappa shape index (κ2) is 10.8. The van der Waals surface area contributed by atoms with E-state index in [2.05, 4.69) is 19.2 Å². The molecule has 7 N–H and O–H groups in total. The highest BCUT2D eigenvalue weighted by Crippen LogP contribution is 2.53. The zero-order valence-corrected chi connectivity index (χ0v) is 24.1. The number of likely N-dealkylation sites (N-methyl/N-ethyl adjacent to an activating group) is 1. The number of aromatic hydroxyl groups is 1. The zero-order valence-electron chi connectivity index (χ0n) is 24.1. The smallest absolute Gasteiger partial charge is 0.230 e. The Hall–Kier alpha value is -2.99. The highest BCUT2D eigenvalue weighted by molar-refractivity contribution is 6.25. The predicted octanol–water partition coefficient (Wildman–Crippen LogP) is 0.331. The molecule has 0 aliphatic heterocycles. The molecule has 11 nitrogen and oxygen atoms in total. The number of hydrogen-bond donors (Lipinski definition) is 6. The van der Waals surface area contributed by atoms with Gasteiger partial charge < -0.3 is 41.3 Å². The van der Waals surface area contributed by atoms with Crippen LogP contribution < -0.4 is 16.0 Å². The van der Waals surface area contributed by atoms with Gasteiger partial charge in [0.2, 0.25) is 11.7 Å². The molecular weight excluding hydrogens is 516 g/mol. The summed E-state index contributed by atoms with van der Waals surface area (Å²) in [5.41, 5.74) is 4.68. The molecule has 0 radical (unpaired) electrons. The molecule has 3 aliphatic carbocycles. The maximum Gasteiger partial charge on any atom is 0.230 e. The quantitative estimate of drug-likeness (QED) is 0.244. The number of nitrogens with zero attached hydrogens (tertiary/aromatic N) is 2. The second-order valence-electron chi connectivity index (χ2n) is 12.1. The number of carbonyl (C=O) groups is 3. The first-order valence-electron chi connectivity index (χ1n) is 13.8. The van der Waals surface area contributed by atoms with Crippen molar-refractivity contribution in [2.75, 3.05) is 39.6 Å². The van der Waals surface area contributed by atoms with Crippen molar-refractivity contribution in [2.24, 2.45) is 29.4 Å². The van der Waals surface area contributed by atoms with Gasteiger partial charge in [-0.15, -0.1) is 0 Å². The Morgan fingerprint density at radius 2 is 1.88 bits per heavy atom. The van der Waals surface area contributed by atoms with Crippen molar-refractivity contribution < 1.29 is 34.8 Å². The first-order valence-corrected chi connectivity index (χ1v) is 13.8. The molecule has 0 bridgehead atoms. The van der Waals surface area contributed by atoms with Gasteiger partial charge in [-0.1, -0.05) is 20.3 Å². The number of anilines is 1. The molecule has 1 aromatic carbocycles. The van der Waals surface area contributed by atoms with E-state index in [1.807, 2.05) is 25.1 Å². The third kappa shape index (κ3) is 4.49. The maximum absolute atomic E-state index is 14.0. The van der Waals surface area contributed by atoms with Gasteiger partial charge in [-0.25, -0.2) is 0 Å². The average molecular weight is 559 g/mol. The van der Waals surface area contributed by atoms with Crippen LogP contribution in [0.25, 0.3) is 5.76 Å². The second-order valence-corrected chi connectivity index (χ2v) is 12.1. The van der Waals surface area contributed by atoms with Gasteiger partial charge in [0.15, 0.2) is 11.4 Å². The molecule has 1 aromatic rings. The molecule has 3 aliphatic rings. The number of amides is 1. The largest absolute Gasteiger partial charge is 0.507 e. The number of aliphatic hydroxyl groups excluding tert-OH is 2. The van der Waals surface area contributed by atoms with Gasteiger partial charge >= 0.3 is 0 Å². The van der Waals surface area contributed by atoms with E-state index >= 15 is 0 Å². The van der Waals surface area contributed by atoms with Gasteiger partial charge in [0, 0.05) is 49.4 Å². The topological polar surface area (TPSA) is 177 Å². The monoisotopic (exact) mass is 558 g/mol. The lowest BCUT2D eigenvalue weighted by molar-refractivity contribution is -0.184. The van der Waals surface area contributed by atoms with E-state index < -0.39 is 58.7 Å². The van der Waals surface area contributed by atoms with E-state index in [1.165, 1.54) is 0 Å². The Bertz CT molecular complexity index is 1260. The zero-order chi connectivity index (χ0) is 29.8. The highest BCUT2D eigenvalue weighted by atomic mass is 16.3. The van der Waals surface area contributed by atoms with Crippen molar-refractivity contribution in [3.63, 3.8) is 0 Å². The molecule has 220 valence electrons. The molecule has 1 amide bonds. The number of aliphatic hydroxyl groups is 3. The fourth-order valence-corrected chi connectivity index (χ4v) is 6.84. The lowest BCUT2D eigenvalue weighted by atomic mass is 9.54. The number of carbonyl (C=O) groups excluding carboxylic acids is 3. The molecule has 0 heterocycles. The van der Waals surface area contributed by atoms with Crippen molar-refractivity contribution >= 4 is 28.9 Å². The number of fused-ring (bicyclic) bond motifs is 3. The molecule has 0 aromatic heterocycles. The van der Waals surface area contributed by atoms with Gasteiger partial charge in [0.1, 0.15) is 17.4 Å². The van der Waals surface area contributed by atoms with Gasteiger partial charge in [-0.3, -0.25) is 14.4 Å². The number of Topliss-reactive ketones (excluding diaryl/α,β-unsaturated/α-hetero) is 2. The normalized spacial score (nSPS) is 30.6. The molecule has 7 atom stereocenters. The van der Waals surface area contributed by atoms with E-state index in [4.69, 9.17) is 5.73 Å². The van der Waals surface area contributed by atoms with Crippen molar-refractivity contribution in [2.45, 2.75) is 57.4 Å². The van der Waals surface area contributed by atoms with Gasteiger partial charge in [-0.2, -0.15) is 0 Å². The van der Waals surface area contributed by atoms with E-state index in [9.17, 15) is 34.8 Å². The van der Waals surface area contributed by atoms with Crippen LogP contribution in [0.5, 0.6) is 5.75 Å². The molecule has 0 spiro atoms. The van der Waals surface area contributed by atoms with E-state index in [0.29, 0.717) is 23.6 Å². The third-order valence-corrected chi connectivity index (χ3v) is 9.13. The van der Waals surface area contributed by atoms with Crippen molar-refractivity contribution in [3.8, 4) is 5.75 Å². The number of ketones is 2. The summed E-state index contributed by atoms with van der Waals surface area (Å²) < 4.78 is 0. The van der Waals surface area contributed by atoms with Crippen LogP contribution in [0.3, 0.4) is 0 Å². The van der Waals surface area contributed by atoms with Gasteiger partial charge in [0.25, 0.3) is 0 Å². The number of phenolic OH excluding ortho intramolecular Hbond substituents is 1. The summed E-state index contributed by atoms with van der Waals surface area (Å²) in [6, 6.07) is 0.945. The third-order valence-electron chi connectivity index (χ3n) is 9.13. The first-order chi connectivity index (χ1) is 18.7. The van der Waals surface area contributed by atoms with Crippen LogP contribution in [-0.4, -0.2) is 95.3 Å². The summed E-state index contributed by atoms with van der Waals surface area (Å²) in [6.07, 6.45) is -0.171. The van der Waals surface area contributed by atoms with Crippen LogP contribution in [0.2, 0.25) is 0 Å². The van der Waals surface area contributed by atoms with Crippen LogP contribution in [-0.2, 0) is 27.3 Å². The number of nitrogens with one attached hydrogen (secondary N) is 1. The minimum atomic E-state index is -2.67. The Balaban J connectivity index is 1.86. The van der Waals surface area contributed by atoms with E-state index in [1.54, 1.807) is 19.0 Å². The predicted molar refractivity (Wildman–Crippen MR) is 150 cm³/mol. The number of hydrogen-bond acceptors (Lipinski definition) is 10. The lowest BCUT2D eigenvalue weighted by Crippen LogP contribution is -2.73. The van der Waals surface area contributed by atoms with E-state index in [0.717, 1.165) is 18.7 Å². The molecule has 3 unspecified atom stereocenters. The van der Waals surface area contributed by atoms with Gasteiger partial charge in [0.05, 0.1) is 11.7 Å². The maximum atomic E-state index is 14.0. The van der Waals surface area contributed by atoms with Crippen LogP contribution in [0.15, 0.2) is 11.6 Å². The summed E-state index contributed by atoms with van der Waals surface area (Å²) in [6.45, 7) is 5.27. The number of benzene rings is 1. The number of primary amides is 1. The number of rotatable bonds is 8. The van der Waals surface area contributed by atoms with Crippen molar-refractivity contribution in [1.82, 2.24) is 10.2 Å². The van der Waals surface area contributed by atoms with Crippen LogP contribution in [0.1, 0.15) is 43.4 Å². The number of phenols is 1. The van der Waals surface area contributed by atoms with Crippen LogP contribution in [0.4, 0.5) is 5.69 Å². The summed E-state index contributed by atoms with van der Waals surface area (Å²) in [4.78, 5) is 43.2. The average Bonchev–Trinajstić information content (AvgIpc) is 2.86. The Morgan fingerprint density at radius 3 is 2.42 bits per heavy atom. The highest BCUT2D eigenvalue weighted by Gasteiger charge is 2.67. The minimum Gasteiger partial charge on any atom is -0.507 e. The Kier molecular flexibility index (Phi) is 8.07. The van der Waals surface area contributed by atoms with Crippen molar-refractivity contribution in [1.29, 1.82) is 0 Å². The molecule has 4 rings (SSSR count). The standard InChI is InChI=1S/C29H42N4O7/c1-7-13(2)11-31-12-15-10-18(32(3)4)16-8-14-9-17-22(33(5)6)25(36)21(28(30)39)27(38)29(17,40)26(37)19(14)24(35)20(16)23(15)34/h10,13-14,17,21-22,25,31,34-36,40H,7-9,11-12H2,1-6H3,(H2,30,39)/t13?,14-,17-,21?,22-,25?,29-/m0/s1. The summed E-state index contributed by atoms with van der Waals surface area (Å²) in [5.74, 6) is -6.96. The summed E-state index contributed by atoms with van der Waals surface area (Å²) >= 11 is 0. The molecule has 2 saturated carbocycles. The molecule has 40 heavy (non-hydrogen) atoms. The fourth-order valence-electron chi connectivity index (χ4n) is 6.84. The fraction of sp³-hybridized carbons (Fsp3) is 0.621. The Labute approximate surface area is 234 Å². The molecule has 11 heteroatoms. The minimum absolute atomic E-state index is 0.0873. The van der Waals surface area contributed by atoms with Crippen LogP contribution >= 0.6 is 0 Å². The lowest BCUT2D eigenvalue weighted by Gasteiger charge is -2.53. The molecular formula is C29H42N4O7.